The van der Waals surface area contributed by atoms with Gasteiger partial charge in [-0.3, -0.25) is 10.9 Å². The molecule has 0 atom stereocenters. The largest absolute Gasteiger partial charge is 0.276 e. The number of hydrogen-bond donors (Lipinski definition) is 2. The molecule has 0 spiro atoms. The van der Waals surface area contributed by atoms with E-state index in [4.69, 9.17) is 0 Å². The molecule has 8 nitrogen and oxygen atoms in total. The number of para-hydroxylation sites is 2. The van der Waals surface area contributed by atoms with Gasteiger partial charge >= 0.3 is 0 Å². The fourth-order valence-electron chi connectivity index (χ4n) is 2.63. The fourth-order valence-corrected chi connectivity index (χ4v) is 3.96. The van der Waals surface area contributed by atoms with Crippen molar-refractivity contribution in [2.24, 2.45) is 30.7 Å². The minimum absolute atomic E-state index is 0.384. The topological polar surface area (TPSA) is 98.2 Å². The van der Waals surface area contributed by atoms with E-state index >= 15 is 0 Å². The van der Waals surface area contributed by atoms with Crippen LogP contribution in [0.4, 0.5) is 22.7 Å². The summed E-state index contributed by atoms with van der Waals surface area (Å²) in [6, 6.07) is 38.2. The molecule has 10 heteroatoms. The van der Waals surface area contributed by atoms with Gasteiger partial charge in [0.2, 0.25) is 10.3 Å². The molecule has 0 radical (unpaired) electrons. The molecule has 0 aromatic heterocycles. The van der Waals surface area contributed by atoms with Crippen molar-refractivity contribution in [2.45, 2.75) is 0 Å². The number of amidine groups is 2. The zero-order valence-electron chi connectivity index (χ0n) is 19.0. The maximum Gasteiger partial charge on any atom is 0.238 e. The van der Waals surface area contributed by atoms with Crippen LogP contribution >= 0.6 is 21.6 Å². The van der Waals surface area contributed by atoms with E-state index in [-0.39, 0.29) is 0 Å². The van der Waals surface area contributed by atoms with E-state index in [1.807, 2.05) is 121 Å². The lowest BCUT2D eigenvalue weighted by Crippen LogP contribution is -1.97. The first kappa shape index (κ1) is 24.8. The van der Waals surface area contributed by atoms with Crippen molar-refractivity contribution < 1.29 is 0 Å². The van der Waals surface area contributed by atoms with Crippen LogP contribution in [0.5, 0.6) is 0 Å². The van der Waals surface area contributed by atoms with Gasteiger partial charge in [-0.15, -0.1) is 30.7 Å². The number of nitrogens with one attached hydrogen (secondary N) is 2. The van der Waals surface area contributed by atoms with Gasteiger partial charge < -0.3 is 0 Å². The van der Waals surface area contributed by atoms with Gasteiger partial charge in [0.1, 0.15) is 0 Å². The average Bonchev–Trinajstić information content (AvgIpc) is 2.95. The molecule has 0 heterocycles. The lowest BCUT2D eigenvalue weighted by atomic mass is 10.3. The summed E-state index contributed by atoms with van der Waals surface area (Å²) in [5.74, 6) is 0. The van der Waals surface area contributed by atoms with E-state index in [0.29, 0.717) is 10.3 Å². The molecule has 178 valence electrons. The van der Waals surface area contributed by atoms with Crippen LogP contribution in [0.1, 0.15) is 0 Å². The number of benzene rings is 4. The molecule has 0 saturated heterocycles. The molecular formula is C26H22N8S2. The highest BCUT2D eigenvalue weighted by molar-refractivity contribution is 8.87. The van der Waals surface area contributed by atoms with Crippen LogP contribution in [-0.2, 0) is 0 Å². The molecule has 0 aliphatic carbocycles. The van der Waals surface area contributed by atoms with Crippen molar-refractivity contribution in [3.05, 3.63) is 121 Å². The molecule has 0 aliphatic heterocycles. The zero-order valence-corrected chi connectivity index (χ0v) is 20.7. The van der Waals surface area contributed by atoms with Gasteiger partial charge in [0.15, 0.2) is 0 Å². The van der Waals surface area contributed by atoms with E-state index < -0.39 is 0 Å². The summed E-state index contributed by atoms with van der Waals surface area (Å²) in [7, 11) is 2.52. The number of azo groups is 2. The van der Waals surface area contributed by atoms with Crippen LogP contribution in [-0.4, -0.2) is 10.3 Å². The van der Waals surface area contributed by atoms with Gasteiger partial charge in [-0.25, -0.2) is 0 Å². The third-order valence-electron chi connectivity index (χ3n) is 4.31. The third-order valence-corrected chi connectivity index (χ3v) is 6.19. The first-order valence-electron chi connectivity index (χ1n) is 10.9. The number of hydrazone groups is 2. The molecule has 4 aromatic rings. The minimum atomic E-state index is 0.384. The van der Waals surface area contributed by atoms with Crippen molar-refractivity contribution in [2.75, 3.05) is 10.9 Å². The summed E-state index contributed by atoms with van der Waals surface area (Å²) in [6.45, 7) is 0. The van der Waals surface area contributed by atoms with Crippen LogP contribution in [0.2, 0.25) is 0 Å². The summed E-state index contributed by atoms with van der Waals surface area (Å²) in [5.41, 5.74) is 9.13. The Morgan fingerprint density at radius 2 is 0.778 bits per heavy atom. The first-order chi connectivity index (χ1) is 17.8. The Labute approximate surface area is 217 Å². The Morgan fingerprint density at radius 3 is 1.14 bits per heavy atom. The summed E-state index contributed by atoms with van der Waals surface area (Å²) in [4.78, 5) is 0. The Balaban J connectivity index is 1.52. The smallest absolute Gasteiger partial charge is 0.238 e. The highest BCUT2D eigenvalue weighted by atomic mass is 33.1. The van der Waals surface area contributed by atoms with E-state index in [1.54, 1.807) is 0 Å². The molecule has 0 fully saturated rings. The van der Waals surface area contributed by atoms with Crippen molar-refractivity contribution in [1.29, 1.82) is 0 Å². The molecule has 0 saturated carbocycles. The monoisotopic (exact) mass is 510 g/mol. The first-order valence-corrected chi connectivity index (χ1v) is 13.1. The van der Waals surface area contributed by atoms with Crippen molar-refractivity contribution >= 4 is 54.7 Å². The summed E-state index contributed by atoms with van der Waals surface area (Å²) >= 11 is 0. The normalized spacial score (nSPS) is 12.2. The van der Waals surface area contributed by atoms with Gasteiger partial charge in [0, 0.05) is 0 Å². The molecule has 0 aliphatic rings. The quantitative estimate of drug-likeness (QED) is 0.0891. The van der Waals surface area contributed by atoms with Crippen LogP contribution in [0.15, 0.2) is 152 Å². The molecular weight excluding hydrogens is 488 g/mol. The van der Waals surface area contributed by atoms with E-state index in [1.165, 1.54) is 21.6 Å². The lowest BCUT2D eigenvalue weighted by Gasteiger charge is -2.04. The van der Waals surface area contributed by atoms with Crippen LogP contribution in [0.3, 0.4) is 0 Å². The predicted octanol–water partition coefficient (Wildman–Crippen LogP) is 8.70. The number of rotatable bonds is 6. The Kier molecular flexibility index (Phi) is 9.79. The lowest BCUT2D eigenvalue weighted by molar-refractivity contribution is 1.25. The molecule has 4 aromatic carbocycles. The van der Waals surface area contributed by atoms with Gasteiger partial charge in [0.25, 0.3) is 0 Å². The van der Waals surface area contributed by atoms with Gasteiger partial charge in [-0.2, -0.15) is 0 Å². The van der Waals surface area contributed by atoms with Crippen LogP contribution in [0.25, 0.3) is 0 Å². The summed E-state index contributed by atoms with van der Waals surface area (Å²) < 4.78 is 0. The van der Waals surface area contributed by atoms with Gasteiger partial charge in [-0.05, 0) is 70.1 Å². The van der Waals surface area contributed by atoms with Crippen molar-refractivity contribution in [3.63, 3.8) is 0 Å². The number of hydrogen-bond acceptors (Lipinski definition) is 8. The molecule has 4 rings (SSSR count). The third kappa shape index (κ3) is 8.82. The van der Waals surface area contributed by atoms with E-state index in [9.17, 15) is 0 Å². The number of anilines is 2. The molecule has 0 bridgehead atoms. The standard InChI is InChI=1S/C26H22N8S2/c1-5-13-21(14-6-1)27-31-25(32-28-22-15-7-2-8-16-22)35-36-26(33-29-23-17-9-3-10-18-23)34-30-24-19-11-4-12-20-24/h1-20,27,29H/b31-25+,32-28?,33-26+,34-30?. The molecule has 2 N–H and O–H groups in total. The SMILES string of the molecule is c1ccc(N=N/C(=N\Nc2ccccc2)SS/C(N=Nc2ccccc2)=N/Nc2ccccc2)cc1. The van der Waals surface area contributed by atoms with E-state index in [2.05, 4.69) is 41.5 Å². The minimum Gasteiger partial charge on any atom is -0.276 e. The maximum absolute atomic E-state index is 4.42. The highest BCUT2D eigenvalue weighted by Crippen LogP contribution is 2.28. The Morgan fingerprint density at radius 1 is 0.444 bits per heavy atom. The average molecular weight is 511 g/mol. The molecule has 36 heavy (non-hydrogen) atoms. The Bertz CT molecular complexity index is 1210. The van der Waals surface area contributed by atoms with Gasteiger partial charge in [0.05, 0.1) is 22.7 Å². The highest BCUT2D eigenvalue weighted by Gasteiger charge is 2.07. The van der Waals surface area contributed by atoms with Crippen molar-refractivity contribution in [1.82, 2.24) is 0 Å². The predicted molar refractivity (Wildman–Crippen MR) is 152 cm³/mol. The second-order valence-corrected chi connectivity index (χ2v) is 9.05. The van der Waals surface area contributed by atoms with E-state index in [0.717, 1.165) is 22.7 Å². The second kappa shape index (κ2) is 14.2. The second-order valence-electron chi connectivity index (χ2n) is 6.98. The van der Waals surface area contributed by atoms with Gasteiger partial charge in [-0.1, -0.05) is 72.8 Å². The number of nitrogens with zero attached hydrogens (tertiary/aromatic N) is 6. The Hall–Kier alpha value is -4.28. The van der Waals surface area contributed by atoms with Crippen LogP contribution in [0, 0.1) is 0 Å². The molecule has 0 unspecified atom stereocenters. The molecule has 0 amide bonds. The summed E-state index contributed by atoms with van der Waals surface area (Å²) in [6.07, 6.45) is 0. The summed E-state index contributed by atoms with van der Waals surface area (Å²) in [5, 5.41) is 26.8. The van der Waals surface area contributed by atoms with Crippen LogP contribution < -0.4 is 10.9 Å². The zero-order chi connectivity index (χ0) is 24.7. The maximum atomic E-state index is 4.42. The fraction of sp³-hybridized carbons (Fsp3) is 0. The van der Waals surface area contributed by atoms with Crippen molar-refractivity contribution in [3.8, 4) is 0 Å².